The first-order chi connectivity index (χ1) is 19.0. The van der Waals surface area contributed by atoms with Gasteiger partial charge in [0, 0.05) is 13.1 Å². The number of rotatable bonds is 17. The molecule has 2 aromatic rings. The van der Waals surface area contributed by atoms with Crippen LogP contribution in [0.25, 0.3) is 0 Å². The number of hydrogen-bond acceptors (Lipinski definition) is 6. The predicted octanol–water partition coefficient (Wildman–Crippen LogP) is 6.91. The molecule has 7 heteroatoms. The third-order valence-corrected chi connectivity index (χ3v) is 7.46. The van der Waals surface area contributed by atoms with Crippen molar-refractivity contribution in [1.82, 2.24) is 4.90 Å². The minimum atomic E-state index is -1.34. The van der Waals surface area contributed by atoms with Crippen molar-refractivity contribution in [1.29, 1.82) is 0 Å². The Balaban J connectivity index is 1.55. The van der Waals surface area contributed by atoms with Crippen molar-refractivity contribution in [2.45, 2.75) is 109 Å². The summed E-state index contributed by atoms with van der Waals surface area (Å²) in [6.45, 7) is 8.50. The quantitative estimate of drug-likeness (QED) is 0.174. The van der Waals surface area contributed by atoms with Gasteiger partial charge in [0.25, 0.3) is 0 Å². The first-order valence-corrected chi connectivity index (χ1v) is 15.2. The van der Waals surface area contributed by atoms with Crippen LogP contribution in [0.5, 0.6) is 11.5 Å². The predicted molar refractivity (Wildman–Crippen MR) is 159 cm³/mol. The number of para-hydroxylation sites is 2. The average Bonchev–Trinajstić information content (AvgIpc) is 2.93. The van der Waals surface area contributed by atoms with E-state index in [1.807, 2.05) is 74.5 Å². The van der Waals surface area contributed by atoms with E-state index in [0.29, 0.717) is 13.1 Å². The molecule has 3 rings (SSSR count). The molecular weight excluding hydrogens is 489 g/mol. The molecule has 39 heavy (non-hydrogen) atoms. The van der Waals surface area contributed by atoms with Gasteiger partial charge in [-0.05, 0) is 51.1 Å². The van der Waals surface area contributed by atoms with E-state index in [1.165, 1.54) is 57.8 Å². The maximum absolute atomic E-state index is 10.7. The summed E-state index contributed by atoms with van der Waals surface area (Å²) in [5.41, 5.74) is 0. The Morgan fingerprint density at radius 2 is 1.13 bits per heavy atom. The molecule has 0 aromatic heterocycles. The smallest absolute Gasteiger partial charge is 0.488 e. The van der Waals surface area contributed by atoms with E-state index in [2.05, 4.69) is 11.8 Å². The van der Waals surface area contributed by atoms with E-state index in [0.717, 1.165) is 24.5 Å². The van der Waals surface area contributed by atoms with Gasteiger partial charge in [-0.25, -0.2) is 0 Å². The molecule has 0 radical (unpaired) electrons. The highest BCUT2D eigenvalue weighted by Gasteiger charge is 2.37. The molecule has 6 nitrogen and oxygen atoms in total. The van der Waals surface area contributed by atoms with Gasteiger partial charge in [0.05, 0.1) is 12.2 Å². The van der Waals surface area contributed by atoms with Gasteiger partial charge in [-0.15, -0.1) is 0 Å². The molecule has 1 aliphatic heterocycles. The van der Waals surface area contributed by atoms with Crippen molar-refractivity contribution in [2.24, 2.45) is 0 Å². The number of benzene rings is 2. The van der Waals surface area contributed by atoms with Crippen molar-refractivity contribution in [3.05, 3.63) is 60.7 Å². The lowest BCUT2D eigenvalue weighted by Gasteiger charge is -2.38. The molecule has 1 N–H and O–H groups in total. The van der Waals surface area contributed by atoms with Crippen LogP contribution in [0.4, 0.5) is 0 Å². The highest BCUT2D eigenvalue weighted by Crippen LogP contribution is 2.21. The number of nitrogens with zero attached hydrogens (tertiary/aromatic N) is 1. The lowest BCUT2D eigenvalue weighted by atomic mass is 10.0. The summed E-state index contributed by atoms with van der Waals surface area (Å²) in [6, 6.07) is 19.5. The Morgan fingerprint density at radius 3 is 1.56 bits per heavy atom. The zero-order valence-electron chi connectivity index (χ0n) is 24.4. The fourth-order valence-corrected chi connectivity index (χ4v) is 5.10. The van der Waals surface area contributed by atoms with Crippen LogP contribution in [0, 0.1) is 0 Å². The molecule has 216 valence electrons. The van der Waals surface area contributed by atoms with E-state index in [-0.39, 0.29) is 24.4 Å². The zero-order valence-corrected chi connectivity index (χ0v) is 24.4. The Bertz CT molecular complexity index is 814. The van der Waals surface area contributed by atoms with Gasteiger partial charge in [0.15, 0.2) is 0 Å². The second-order valence-electron chi connectivity index (χ2n) is 10.9. The van der Waals surface area contributed by atoms with Crippen molar-refractivity contribution in [2.75, 3.05) is 19.6 Å². The van der Waals surface area contributed by atoms with Gasteiger partial charge in [-0.2, -0.15) is 0 Å². The van der Waals surface area contributed by atoms with Crippen LogP contribution in [-0.2, 0) is 9.31 Å². The highest BCUT2D eigenvalue weighted by molar-refractivity contribution is 6.34. The maximum atomic E-state index is 10.7. The van der Waals surface area contributed by atoms with Crippen molar-refractivity contribution in [3.63, 3.8) is 0 Å². The highest BCUT2D eigenvalue weighted by atomic mass is 16.7. The van der Waals surface area contributed by atoms with E-state index in [4.69, 9.17) is 18.8 Å². The van der Waals surface area contributed by atoms with E-state index in [9.17, 15) is 5.02 Å². The third kappa shape index (κ3) is 12.3. The standard InChI is InChI=1S/C32H50BNO5/c1-4-5-6-7-8-9-10-11-12-19-24-34-25-31(27(2)36-29-20-15-13-16-21-29)38-33(35)39-32(26-34)28(3)37-30-22-17-14-18-23-30/h13-18,20-23,27-28,31-32,35H,4-12,19,24-26H2,1-3H3. The normalized spacial score (nSPS) is 20.2. The van der Waals surface area contributed by atoms with Crippen LogP contribution < -0.4 is 9.47 Å². The van der Waals surface area contributed by atoms with Crippen LogP contribution in [0.1, 0.15) is 85.0 Å². The lowest BCUT2D eigenvalue weighted by molar-refractivity contribution is -0.0639. The molecule has 1 fully saturated rings. The topological polar surface area (TPSA) is 60.4 Å². The second-order valence-corrected chi connectivity index (χ2v) is 10.9. The van der Waals surface area contributed by atoms with E-state index >= 15 is 0 Å². The first-order valence-electron chi connectivity index (χ1n) is 15.2. The van der Waals surface area contributed by atoms with E-state index in [1.54, 1.807) is 0 Å². The van der Waals surface area contributed by atoms with Gasteiger partial charge < -0.3 is 23.8 Å². The average molecular weight is 540 g/mol. The van der Waals surface area contributed by atoms with Gasteiger partial charge in [-0.1, -0.05) is 101 Å². The van der Waals surface area contributed by atoms with Gasteiger partial charge in [0.2, 0.25) is 0 Å². The second kappa shape index (κ2) is 18.3. The molecule has 0 aliphatic carbocycles. The lowest BCUT2D eigenvalue weighted by Crippen LogP contribution is -2.54. The van der Waals surface area contributed by atoms with Crippen LogP contribution in [0.3, 0.4) is 0 Å². The van der Waals surface area contributed by atoms with Gasteiger partial charge in [0.1, 0.15) is 23.7 Å². The zero-order chi connectivity index (χ0) is 27.7. The molecule has 4 unspecified atom stereocenters. The van der Waals surface area contributed by atoms with Crippen LogP contribution in [0.15, 0.2) is 60.7 Å². The summed E-state index contributed by atoms with van der Waals surface area (Å²) in [7, 11) is -1.34. The van der Waals surface area contributed by atoms with Crippen molar-refractivity contribution >= 4 is 7.32 Å². The van der Waals surface area contributed by atoms with Gasteiger partial charge >= 0.3 is 7.32 Å². The third-order valence-electron chi connectivity index (χ3n) is 7.46. The summed E-state index contributed by atoms with van der Waals surface area (Å²) in [6.07, 6.45) is 11.9. The Hall–Kier alpha value is -2.06. The summed E-state index contributed by atoms with van der Waals surface area (Å²) in [5.74, 6) is 1.57. The van der Waals surface area contributed by atoms with Gasteiger partial charge in [-0.3, -0.25) is 4.90 Å². The summed E-state index contributed by atoms with van der Waals surface area (Å²) < 4.78 is 24.3. The number of hydrogen-bond donors (Lipinski definition) is 1. The summed E-state index contributed by atoms with van der Waals surface area (Å²) in [4.78, 5) is 2.39. The van der Waals surface area contributed by atoms with E-state index < -0.39 is 7.32 Å². The number of ether oxygens (including phenoxy) is 2. The monoisotopic (exact) mass is 539 g/mol. The molecule has 1 aliphatic rings. The summed E-state index contributed by atoms with van der Waals surface area (Å²) >= 11 is 0. The summed E-state index contributed by atoms with van der Waals surface area (Å²) in [5, 5.41) is 10.7. The molecule has 0 saturated carbocycles. The SMILES string of the molecule is CCCCCCCCCCCCN1CC(C(C)Oc2ccccc2)OB(O)OC(C(C)Oc2ccccc2)C1. The molecule has 4 atom stereocenters. The van der Waals surface area contributed by atoms with Crippen molar-refractivity contribution in [3.8, 4) is 11.5 Å². The molecule has 1 saturated heterocycles. The van der Waals surface area contributed by atoms with Crippen LogP contribution in [-0.4, -0.2) is 61.3 Å². The molecule has 2 aromatic carbocycles. The molecule has 0 spiro atoms. The van der Waals surface area contributed by atoms with Crippen molar-refractivity contribution < 1.29 is 23.8 Å². The first kappa shape index (κ1) is 31.5. The Morgan fingerprint density at radius 1 is 0.718 bits per heavy atom. The Labute approximate surface area is 237 Å². The molecule has 0 bridgehead atoms. The fourth-order valence-electron chi connectivity index (χ4n) is 5.10. The minimum Gasteiger partial charge on any atom is -0.488 e. The largest absolute Gasteiger partial charge is 0.637 e. The fraction of sp³-hybridized carbons (Fsp3) is 0.625. The maximum Gasteiger partial charge on any atom is 0.637 e. The molecule has 1 heterocycles. The molecule has 0 amide bonds. The Kier molecular flexibility index (Phi) is 14.8. The molecular formula is C32H50BNO5. The van der Waals surface area contributed by atoms with Crippen LogP contribution >= 0.6 is 0 Å². The van der Waals surface area contributed by atoms with Crippen LogP contribution in [0.2, 0.25) is 0 Å². The minimum absolute atomic E-state index is 0.254. The number of unbranched alkanes of at least 4 members (excludes halogenated alkanes) is 9.